The highest BCUT2D eigenvalue weighted by Crippen LogP contribution is 2.44. The summed E-state index contributed by atoms with van der Waals surface area (Å²) in [4.78, 5) is 12.6. The molecule has 3 rings (SSSR count). The molecule has 0 aliphatic carbocycles. The molecule has 0 unspecified atom stereocenters. The van der Waals surface area contributed by atoms with E-state index in [9.17, 15) is 14.4 Å². The predicted molar refractivity (Wildman–Crippen MR) is 138 cm³/mol. The van der Waals surface area contributed by atoms with Crippen molar-refractivity contribution in [2.45, 2.75) is 6.61 Å². The first kappa shape index (κ1) is 26.0. The molecular weight excluding hydrogens is 614 g/mol. The van der Waals surface area contributed by atoms with Crippen LogP contribution >= 0.6 is 55.1 Å². The summed E-state index contributed by atoms with van der Waals surface area (Å²) < 4.78 is 25.6. The van der Waals surface area contributed by atoms with Crippen LogP contribution in [-0.2, 0) is 11.4 Å². The topological polar surface area (TPSA) is 71.3 Å². The number of benzene rings is 3. The number of nitriles is 1. The summed E-state index contributed by atoms with van der Waals surface area (Å²) in [6.07, 6.45) is 1.40. The smallest absolute Gasteiger partial charge is 0.266 e. The minimum Gasteiger partial charge on any atom is -0.493 e. The van der Waals surface area contributed by atoms with Crippen LogP contribution in [0.25, 0.3) is 6.08 Å². The first-order valence-electron chi connectivity index (χ1n) is 9.55. The summed E-state index contributed by atoms with van der Waals surface area (Å²) in [5.41, 5.74) is 1.49. The van der Waals surface area contributed by atoms with Gasteiger partial charge < -0.3 is 14.8 Å². The van der Waals surface area contributed by atoms with Gasteiger partial charge in [-0.25, -0.2) is 4.39 Å². The Balaban J connectivity index is 1.87. The molecule has 1 N–H and O–H groups in total. The molecule has 0 aliphatic heterocycles. The number of carbonyl (C=O) groups is 1. The Morgan fingerprint density at radius 2 is 1.82 bits per heavy atom. The van der Waals surface area contributed by atoms with Crippen molar-refractivity contribution in [2.75, 3.05) is 12.4 Å². The molecule has 0 radical (unpaired) electrons. The van der Waals surface area contributed by atoms with Crippen molar-refractivity contribution in [2.24, 2.45) is 0 Å². The van der Waals surface area contributed by atoms with E-state index in [-0.39, 0.29) is 12.2 Å². The molecule has 34 heavy (non-hydrogen) atoms. The van der Waals surface area contributed by atoms with Gasteiger partial charge in [-0.3, -0.25) is 4.79 Å². The number of nitrogens with one attached hydrogen (secondary N) is 1. The number of hydrogen-bond donors (Lipinski definition) is 1. The maximum Gasteiger partial charge on any atom is 0.266 e. The van der Waals surface area contributed by atoms with E-state index in [1.54, 1.807) is 24.3 Å². The summed E-state index contributed by atoms with van der Waals surface area (Å²) in [5, 5.41) is 13.0. The molecule has 10 heteroatoms. The molecule has 3 aromatic carbocycles. The van der Waals surface area contributed by atoms with E-state index in [2.05, 4.69) is 37.2 Å². The number of nitrogens with zero attached hydrogens (tertiary/aromatic N) is 1. The third-order valence-corrected chi connectivity index (χ3v) is 7.39. The third-order valence-electron chi connectivity index (χ3n) is 4.51. The highest BCUT2D eigenvalue weighted by molar-refractivity contribution is 9.13. The fourth-order valence-electron chi connectivity index (χ4n) is 2.82. The van der Waals surface area contributed by atoms with Crippen LogP contribution in [0.4, 0.5) is 10.1 Å². The maximum atomic E-state index is 13.1. The fraction of sp³-hybridized carbons (Fsp3) is 0.0833. The van der Waals surface area contributed by atoms with Crippen LogP contribution in [0.3, 0.4) is 0 Å². The molecule has 0 heterocycles. The number of amides is 1. The maximum absolute atomic E-state index is 13.1. The van der Waals surface area contributed by atoms with E-state index in [1.165, 1.54) is 37.5 Å². The largest absolute Gasteiger partial charge is 0.493 e. The van der Waals surface area contributed by atoms with Crippen molar-refractivity contribution in [1.29, 1.82) is 5.26 Å². The number of anilines is 1. The standard InChI is InChI=1S/C24H15Br2Cl2FN2O3/c1-33-20-10-14(9-15(11-30)24(32)31-17-5-3-16(29)4-6-17)21(25)22(26)23(20)34-12-13-2-7-18(27)19(28)8-13/h2-10H,12H2,1H3,(H,31,32)/b15-9-. The molecule has 0 bridgehead atoms. The molecule has 5 nitrogen and oxygen atoms in total. The first-order valence-corrected chi connectivity index (χ1v) is 11.9. The van der Waals surface area contributed by atoms with Gasteiger partial charge in [0.2, 0.25) is 0 Å². The monoisotopic (exact) mass is 626 g/mol. The van der Waals surface area contributed by atoms with Crippen LogP contribution in [0.1, 0.15) is 11.1 Å². The number of methoxy groups -OCH3 is 1. The van der Waals surface area contributed by atoms with Crippen molar-refractivity contribution in [1.82, 2.24) is 0 Å². The average Bonchev–Trinajstić information content (AvgIpc) is 2.82. The van der Waals surface area contributed by atoms with Crippen LogP contribution in [0.2, 0.25) is 10.0 Å². The molecule has 0 saturated heterocycles. The van der Waals surface area contributed by atoms with Crippen LogP contribution in [0.5, 0.6) is 11.5 Å². The van der Waals surface area contributed by atoms with E-state index < -0.39 is 11.7 Å². The minimum absolute atomic E-state index is 0.163. The van der Waals surface area contributed by atoms with E-state index in [0.29, 0.717) is 41.7 Å². The zero-order valence-electron chi connectivity index (χ0n) is 17.5. The highest BCUT2D eigenvalue weighted by atomic mass is 79.9. The lowest BCUT2D eigenvalue weighted by Crippen LogP contribution is -2.13. The van der Waals surface area contributed by atoms with Crippen molar-refractivity contribution >= 4 is 72.7 Å². The molecule has 0 aromatic heterocycles. The first-order chi connectivity index (χ1) is 16.2. The Bertz CT molecular complexity index is 1310. The summed E-state index contributed by atoms with van der Waals surface area (Å²) >= 11 is 19.0. The number of ether oxygens (including phenoxy) is 2. The second-order valence-corrected chi connectivity index (χ2v) is 9.19. The van der Waals surface area contributed by atoms with E-state index in [1.807, 2.05) is 6.07 Å². The Labute approximate surface area is 222 Å². The quantitative estimate of drug-likeness (QED) is 0.214. The number of carbonyl (C=O) groups excluding carboxylic acids is 1. The molecule has 0 fully saturated rings. The average molecular weight is 629 g/mol. The van der Waals surface area contributed by atoms with Gasteiger partial charge in [-0.2, -0.15) is 5.26 Å². The van der Waals surface area contributed by atoms with Gasteiger partial charge in [0.15, 0.2) is 11.5 Å². The summed E-state index contributed by atoms with van der Waals surface area (Å²) in [6, 6.07) is 13.9. The van der Waals surface area contributed by atoms with Gasteiger partial charge in [0.05, 0.1) is 21.6 Å². The van der Waals surface area contributed by atoms with Crippen LogP contribution in [-0.4, -0.2) is 13.0 Å². The van der Waals surface area contributed by atoms with Gasteiger partial charge in [-0.15, -0.1) is 0 Å². The van der Waals surface area contributed by atoms with Gasteiger partial charge in [0.25, 0.3) is 5.91 Å². The Kier molecular flexibility index (Phi) is 8.97. The van der Waals surface area contributed by atoms with E-state index in [0.717, 1.165) is 5.56 Å². The number of hydrogen-bond acceptors (Lipinski definition) is 4. The van der Waals surface area contributed by atoms with Gasteiger partial charge in [0, 0.05) is 10.2 Å². The zero-order valence-corrected chi connectivity index (χ0v) is 22.1. The number of halogens is 5. The summed E-state index contributed by atoms with van der Waals surface area (Å²) in [7, 11) is 1.47. The summed E-state index contributed by atoms with van der Waals surface area (Å²) in [6.45, 7) is 0.191. The highest BCUT2D eigenvalue weighted by Gasteiger charge is 2.19. The lowest BCUT2D eigenvalue weighted by atomic mass is 10.1. The molecule has 1 amide bonds. The van der Waals surface area contributed by atoms with E-state index in [4.69, 9.17) is 32.7 Å². The lowest BCUT2D eigenvalue weighted by molar-refractivity contribution is -0.112. The van der Waals surface area contributed by atoms with Crippen molar-refractivity contribution in [3.05, 3.63) is 90.0 Å². The Hall–Kier alpha value is -2.57. The SMILES string of the molecule is COc1cc(/C=C(/C#N)C(=O)Nc2ccc(F)cc2)c(Br)c(Br)c1OCc1ccc(Cl)c(Cl)c1. The minimum atomic E-state index is -0.643. The molecule has 0 saturated carbocycles. The zero-order chi connectivity index (χ0) is 24.8. The van der Waals surface area contributed by atoms with E-state index >= 15 is 0 Å². The van der Waals surface area contributed by atoms with Crippen LogP contribution in [0.15, 0.2) is 63.0 Å². The van der Waals surface area contributed by atoms with Crippen molar-refractivity contribution in [3.63, 3.8) is 0 Å². The molecule has 0 atom stereocenters. The van der Waals surface area contributed by atoms with Gasteiger partial charge in [0.1, 0.15) is 24.1 Å². The van der Waals surface area contributed by atoms with Gasteiger partial charge >= 0.3 is 0 Å². The molecule has 3 aromatic rings. The molecule has 0 aliphatic rings. The predicted octanol–water partition coefficient (Wildman–Crippen LogP) is 7.79. The Morgan fingerprint density at radius 1 is 1.12 bits per heavy atom. The van der Waals surface area contributed by atoms with Crippen LogP contribution in [0, 0.1) is 17.1 Å². The van der Waals surface area contributed by atoms with Crippen molar-refractivity contribution in [3.8, 4) is 17.6 Å². The van der Waals surface area contributed by atoms with Gasteiger partial charge in [-0.05, 0) is 91.5 Å². The summed E-state index contributed by atoms with van der Waals surface area (Å²) in [5.74, 6) is -0.295. The van der Waals surface area contributed by atoms with Gasteiger partial charge in [-0.1, -0.05) is 29.3 Å². The molecule has 0 spiro atoms. The third kappa shape index (κ3) is 6.30. The normalized spacial score (nSPS) is 11.0. The Morgan fingerprint density at radius 3 is 2.44 bits per heavy atom. The lowest BCUT2D eigenvalue weighted by Gasteiger charge is -2.16. The molecular formula is C24H15Br2Cl2FN2O3. The number of rotatable bonds is 7. The second-order valence-electron chi connectivity index (χ2n) is 6.79. The van der Waals surface area contributed by atoms with Crippen molar-refractivity contribution < 1.29 is 18.7 Å². The fourth-order valence-corrected chi connectivity index (χ4v) is 4.08. The van der Waals surface area contributed by atoms with Crippen LogP contribution < -0.4 is 14.8 Å². The second kappa shape index (κ2) is 11.7. The molecule has 174 valence electrons.